The maximum Gasteiger partial charge on any atom is 0.347 e. The maximum absolute atomic E-state index is 11.7. The molecule has 1 unspecified atom stereocenters. The van der Waals surface area contributed by atoms with E-state index in [2.05, 4.69) is 0 Å². The Balaban J connectivity index is 2.23. The number of carbonyl (C=O) groups excluding carboxylic acids is 1. The van der Waals surface area contributed by atoms with Crippen molar-refractivity contribution >= 4 is 11.9 Å². The zero-order valence-corrected chi connectivity index (χ0v) is 8.62. The topological polar surface area (TPSA) is 72.8 Å². The number of rotatable bonds is 1. The Bertz CT molecular complexity index is 305. The molecule has 2 aliphatic rings. The van der Waals surface area contributed by atoms with Crippen LogP contribution in [-0.2, 0) is 19.1 Å². The van der Waals surface area contributed by atoms with Gasteiger partial charge in [0.25, 0.3) is 0 Å². The highest BCUT2D eigenvalue weighted by Gasteiger charge is 2.58. The number of aliphatic carboxylic acids is 1. The molecule has 2 saturated heterocycles. The summed E-state index contributed by atoms with van der Waals surface area (Å²) in [5.41, 5.74) is -1.97. The molecule has 5 heteroatoms. The van der Waals surface area contributed by atoms with E-state index in [-0.39, 0.29) is 12.4 Å². The van der Waals surface area contributed by atoms with E-state index in [1.807, 2.05) is 0 Å². The quantitative estimate of drug-likeness (QED) is 0.646. The number of esters is 1. The Labute approximate surface area is 87.4 Å². The molecule has 2 aliphatic heterocycles. The third-order valence-electron chi connectivity index (χ3n) is 3.33. The summed E-state index contributed by atoms with van der Waals surface area (Å²) in [6.07, 6.45) is 1.39. The van der Waals surface area contributed by atoms with Crippen LogP contribution < -0.4 is 0 Å². The predicted molar refractivity (Wildman–Crippen MR) is 49.2 cm³/mol. The lowest BCUT2D eigenvalue weighted by Gasteiger charge is -2.29. The molecule has 0 aromatic rings. The van der Waals surface area contributed by atoms with Crippen LogP contribution >= 0.6 is 0 Å². The van der Waals surface area contributed by atoms with Gasteiger partial charge in [-0.2, -0.15) is 0 Å². The standard InChI is InChI=1S/C10H14O5/c1-9(7(11)12)6-10(8(13)15-9)2-4-14-5-3-10/h2-6H2,1H3,(H,11,12). The Kier molecular flexibility index (Phi) is 2.22. The first-order chi connectivity index (χ1) is 6.99. The molecule has 0 radical (unpaired) electrons. The first kappa shape index (κ1) is 10.4. The normalized spacial score (nSPS) is 34.1. The van der Waals surface area contributed by atoms with Gasteiger partial charge in [0.1, 0.15) is 0 Å². The van der Waals surface area contributed by atoms with Crippen molar-refractivity contribution in [2.75, 3.05) is 13.2 Å². The van der Waals surface area contributed by atoms with Crippen LogP contribution in [0.1, 0.15) is 26.2 Å². The summed E-state index contributed by atoms with van der Waals surface area (Å²) in [5.74, 6) is -1.45. The molecule has 0 bridgehead atoms. The second kappa shape index (κ2) is 3.20. The molecule has 0 amide bonds. The predicted octanol–water partition coefficient (Wildman–Crippen LogP) is 0.573. The van der Waals surface area contributed by atoms with Crippen LogP contribution in [0.2, 0.25) is 0 Å². The summed E-state index contributed by atoms with van der Waals surface area (Å²) < 4.78 is 10.2. The Morgan fingerprint density at radius 2 is 2.00 bits per heavy atom. The summed E-state index contributed by atoms with van der Waals surface area (Å²) in [5, 5.41) is 9.00. The first-order valence-electron chi connectivity index (χ1n) is 5.03. The van der Waals surface area contributed by atoms with Gasteiger partial charge in [-0.3, -0.25) is 4.79 Å². The molecule has 84 valence electrons. The monoisotopic (exact) mass is 214 g/mol. The molecule has 0 aromatic carbocycles. The van der Waals surface area contributed by atoms with Crippen molar-refractivity contribution in [3.63, 3.8) is 0 Å². The van der Waals surface area contributed by atoms with Gasteiger partial charge in [-0.15, -0.1) is 0 Å². The lowest BCUT2D eigenvalue weighted by Crippen LogP contribution is -2.37. The molecule has 1 atom stereocenters. The third kappa shape index (κ3) is 1.51. The molecule has 1 N–H and O–H groups in total. The molecule has 2 heterocycles. The van der Waals surface area contributed by atoms with Gasteiger partial charge >= 0.3 is 11.9 Å². The van der Waals surface area contributed by atoms with E-state index in [1.54, 1.807) is 0 Å². The SMILES string of the molecule is CC1(C(=O)O)CC2(CCOCC2)C(=O)O1. The number of hydrogen-bond donors (Lipinski definition) is 1. The van der Waals surface area contributed by atoms with E-state index in [0.717, 1.165) is 0 Å². The van der Waals surface area contributed by atoms with E-state index >= 15 is 0 Å². The number of cyclic esters (lactones) is 1. The van der Waals surface area contributed by atoms with E-state index in [1.165, 1.54) is 6.92 Å². The van der Waals surface area contributed by atoms with Gasteiger partial charge in [0.2, 0.25) is 5.60 Å². The highest BCUT2D eigenvalue weighted by Crippen LogP contribution is 2.47. The zero-order valence-electron chi connectivity index (χ0n) is 8.62. The van der Waals surface area contributed by atoms with Crippen LogP contribution in [0.25, 0.3) is 0 Å². The van der Waals surface area contributed by atoms with Gasteiger partial charge in [0, 0.05) is 19.6 Å². The van der Waals surface area contributed by atoms with E-state index < -0.39 is 17.0 Å². The minimum absolute atomic E-state index is 0.261. The van der Waals surface area contributed by atoms with Gasteiger partial charge < -0.3 is 14.6 Å². The molecular formula is C10H14O5. The van der Waals surface area contributed by atoms with Crippen molar-refractivity contribution in [3.8, 4) is 0 Å². The van der Waals surface area contributed by atoms with Crippen molar-refractivity contribution in [2.24, 2.45) is 5.41 Å². The number of ether oxygens (including phenoxy) is 2. The third-order valence-corrected chi connectivity index (χ3v) is 3.33. The van der Waals surface area contributed by atoms with E-state index in [4.69, 9.17) is 14.6 Å². The average molecular weight is 214 g/mol. The fraction of sp³-hybridized carbons (Fsp3) is 0.800. The summed E-state index contributed by atoms with van der Waals surface area (Å²) in [6.45, 7) is 2.47. The van der Waals surface area contributed by atoms with Crippen LogP contribution in [-0.4, -0.2) is 35.9 Å². The molecule has 2 fully saturated rings. The van der Waals surface area contributed by atoms with Crippen LogP contribution in [0, 0.1) is 5.41 Å². The second-order valence-corrected chi connectivity index (χ2v) is 4.50. The lowest BCUT2D eigenvalue weighted by molar-refractivity contribution is -0.169. The molecule has 5 nitrogen and oxygen atoms in total. The molecule has 15 heavy (non-hydrogen) atoms. The molecular weight excluding hydrogens is 200 g/mol. The highest BCUT2D eigenvalue weighted by molar-refractivity contribution is 5.88. The van der Waals surface area contributed by atoms with Crippen molar-refractivity contribution < 1.29 is 24.2 Å². The van der Waals surface area contributed by atoms with Gasteiger partial charge in [-0.1, -0.05) is 0 Å². The van der Waals surface area contributed by atoms with Crippen LogP contribution in [0.5, 0.6) is 0 Å². The van der Waals surface area contributed by atoms with Crippen molar-refractivity contribution in [2.45, 2.75) is 31.8 Å². The number of carbonyl (C=O) groups is 2. The van der Waals surface area contributed by atoms with Crippen molar-refractivity contribution in [1.82, 2.24) is 0 Å². The van der Waals surface area contributed by atoms with Gasteiger partial charge in [0.05, 0.1) is 5.41 Å². The smallest absolute Gasteiger partial charge is 0.347 e. The molecule has 2 rings (SSSR count). The summed E-state index contributed by atoms with van der Waals surface area (Å²) >= 11 is 0. The van der Waals surface area contributed by atoms with Crippen LogP contribution in [0.3, 0.4) is 0 Å². The summed E-state index contributed by atoms with van der Waals surface area (Å²) in [6, 6.07) is 0. The summed E-state index contributed by atoms with van der Waals surface area (Å²) in [4.78, 5) is 22.7. The molecule has 0 saturated carbocycles. The lowest BCUT2D eigenvalue weighted by atomic mass is 9.75. The Morgan fingerprint density at radius 3 is 2.47 bits per heavy atom. The molecule has 1 spiro atoms. The minimum atomic E-state index is -1.35. The number of carboxylic acids is 1. The van der Waals surface area contributed by atoms with E-state index in [0.29, 0.717) is 26.1 Å². The van der Waals surface area contributed by atoms with Crippen LogP contribution in [0.15, 0.2) is 0 Å². The van der Waals surface area contributed by atoms with E-state index in [9.17, 15) is 9.59 Å². The van der Waals surface area contributed by atoms with Gasteiger partial charge in [-0.25, -0.2) is 4.79 Å². The zero-order chi connectivity index (χ0) is 11.1. The van der Waals surface area contributed by atoms with Gasteiger partial charge in [0.15, 0.2) is 0 Å². The van der Waals surface area contributed by atoms with Crippen molar-refractivity contribution in [3.05, 3.63) is 0 Å². The van der Waals surface area contributed by atoms with Gasteiger partial charge in [-0.05, 0) is 19.8 Å². The average Bonchev–Trinajstić information content (AvgIpc) is 2.41. The summed E-state index contributed by atoms with van der Waals surface area (Å²) in [7, 11) is 0. The number of hydrogen-bond acceptors (Lipinski definition) is 4. The molecule has 0 aliphatic carbocycles. The Morgan fingerprint density at radius 1 is 1.40 bits per heavy atom. The number of carboxylic acid groups (broad SMARTS) is 1. The Hall–Kier alpha value is -1.10. The molecule has 0 aromatic heterocycles. The second-order valence-electron chi connectivity index (χ2n) is 4.50. The largest absolute Gasteiger partial charge is 0.478 e. The highest BCUT2D eigenvalue weighted by atomic mass is 16.6. The fourth-order valence-electron chi connectivity index (χ4n) is 2.33. The minimum Gasteiger partial charge on any atom is -0.478 e. The van der Waals surface area contributed by atoms with Crippen LogP contribution in [0.4, 0.5) is 0 Å². The van der Waals surface area contributed by atoms with Crippen molar-refractivity contribution in [1.29, 1.82) is 0 Å². The fourth-order valence-corrected chi connectivity index (χ4v) is 2.33. The maximum atomic E-state index is 11.7. The first-order valence-corrected chi connectivity index (χ1v) is 5.03.